The van der Waals surface area contributed by atoms with Gasteiger partial charge in [0.15, 0.2) is 0 Å². The first-order chi connectivity index (χ1) is 6.74. The molecule has 1 aliphatic carbocycles. The summed E-state index contributed by atoms with van der Waals surface area (Å²) >= 11 is 0. The van der Waals surface area contributed by atoms with Crippen LogP contribution in [0.2, 0.25) is 0 Å². The van der Waals surface area contributed by atoms with Crippen LogP contribution in [-0.2, 0) is 11.2 Å². The van der Waals surface area contributed by atoms with Crippen LogP contribution in [0.25, 0.3) is 0 Å². The average Bonchev–Trinajstić information content (AvgIpc) is 2.97. The van der Waals surface area contributed by atoms with E-state index in [1.807, 2.05) is 12.1 Å². The summed E-state index contributed by atoms with van der Waals surface area (Å²) in [6.45, 7) is 2.11. The Kier molecular flexibility index (Phi) is 2.28. The molecule has 0 bridgehead atoms. The Bertz CT molecular complexity index is 357. The van der Waals surface area contributed by atoms with Crippen molar-refractivity contribution in [2.24, 2.45) is 5.92 Å². The Labute approximate surface area is 83.6 Å². The molecule has 1 fully saturated rings. The molecule has 1 N–H and O–H groups in total. The lowest BCUT2D eigenvalue weighted by atomic mass is 10.0. The molecule has 2 heteroatoms. The minimum Gasteiger partial charge on any atom is -0.481 e. The lowest BCUT2D eigenvalue weighted by Crippen LogP contribution is -2.00. The van der Waals surface area contributed by atoms with Crippen LogP contribution >= 0.6 is 0 Å². The average molecular weight is 190 g/mol. The van der Waals surface area contributed by atoms with E-state index in [1.165, 1.54) is 11.1 Å². The predicted octanol–water partition coefficient (Wildman–Crippen LogP) is 2.44. The fourth-order valence-corrected chi connectivity index (χ4v) is 2.03. The molecule has 0 aliphatic heterocycles. The third kappa shape index (κ3) is 1.52. The van der Waals surface area contributed by atoms with Crippen LogP contribution in [0.4, 0.5) is 0 Å². The number of rotatable bonds is 3. The lowest BCUT2D eigenvalue weighted by molar-refractivity contribution is -0.138. The van der Waals surface area contributed by atoms with E-state index in [1.54, 1.807) is 0 Å². The Morgan fingerprint density at radius 1 is 1.50 bits per heavy atom. The van der Waals surface area contributed by atoms with Crippen molar-refractivity contribution >= 4 is 5.97 Å². The molecule has 0 amide bonds. The van der Waals surface area contributed by atoms with Gasteiger partial charge in [-0.25, -0.2) is 0 Å². The molecule has 1 aliphatic rings. The van der Waals surface area contributed by atoms with Gasteiger partial charge in [0.05, 0.1) is 5.92 Å². The van der Waals surface area contributed by atoms with Gasteiger partial charge in [0.1, 0.15) is 0 Å². The van der Waals surface area contributed by atoms with E-state index in [0.29, 0.717) is 0 Å². The highest BCUT2D eigenvalue weighted by Crippen LogP contribution is 2.48. The van der Waals surface area contributed by atoms with Crippen LogP contribution in [0.3, 0.4) is 0 Å². The van der Waals surface area contributed by atoms with Gasteiger partial charge in [-0.05, 0) is 29.9 Å². The van der Waals surface area contributed by atoms with E-state index in [-0.39, 0.29) is 11.8 Å². The number of carbonyl (C=O) groups is 1. The SMILES string of the molecule is CCc1ccccc1[C@@H]1C[C@@H]1C(=O)O. The van der Waals surface area contributed by atoms with Crippen LogP contribution in [0.15, 0.2) is 24.3 Å². The first-order valence-corrected chi connectivity index (χ1v) is 5.04. The number of benzene rings is 1. The van der Waals surface area contributed by atoms with Crippen molar-refractivity contribution in [1.29, 1.82) is 0 Å². The summed E-state index contributed by atoms with van der Waals surface area (Å²) in [5.41, 5.74) is 2.53. The number of carboxylic acids is 1. The molecule has 0 aromatic heterocycles. The molecule has 14 heavy (non-hydrogen) atoms. The van der Waals surface area contributed by atoms with Crippen LogP contribution in [0.5, 0.6) is 0 Å². The zero-order chi connectivity index (χ0) is 10.1. The molecule has 0 saturated heterocycles. The summed E-state index contributed by atoms with van der Waals surface area (Å²) in [5.74, 6) is -0.521. The number of aliphatic carboxylic acids is 1. The van der Waals surface area contributed by atoms with Crippen LogP contribution in [0.1, 0.15) is 30.4 Å². The van der Waals surface area contributed by atoms with Gasteiger partial charge in [-0.3, -0.25) is 4.79 Å². The van der Waals surface area contributed by atoms with Gasteiger partial charge in [0.25, 0.3) is 0 Å². The van der Waals surface area contributed by atoms with Crippen molar-refractivity contribution in [1.82, 2.24) is 0 Å². The highest BCUT2D eigenvalue weighted by Gasteiger charge is 2.44. The molecule has 1 saturated carbocycles. The quantitative estimate of drug-likeness (QED) is 0.794. The molecule has 0 radical (unpaired) electrons. The second kappa shape index (κ2) is 3.45. The summed E-state index contributed by atoms with van der Waals surface area (Å²) in [6, 6.07) is 8.16. The highest BCUT2D eigenvalue weighted by molar-refractivity contribution is 5.75. The molecule has 2 nitrogen and oxygen atoms in total. The number of carboxylic acid groups (broad SMARTS) is 1. The standard InChI is InChI=1S/C12H14O2/c1-2-8-5-3-4-6-9(8)10-7-11(10)12(13)14/h3-6,10-11H,2,7H2,1H3,(H,13,14)/t10-,11-/m0/s1. The first-order valence-electron chi connectivity index (χ1n) is 5.04. The minimum atomic E-state index is -0.652. The fraction of sp³-hybridized carbons (Fsp3) is 0.417. The summed E-state index contributed by atoms with van der Waals surface area (Å²) in [7, 11) is 0. The van der Waals surface area contributed by atoms with Gasteiger partial charge in [0.2, 0.25) is 0 Å². The largest absolute Gasteiger partial charge is 0.481 e. The van der Waals surface area contributed by atoms with Crippen molar-refractivity contribution in [3.63, 3.8) is 0 Å². The van der Waals surface area contributed by atoms with Crippen LogP contribution in [0, 0.1) is 5.92 Å². The van der Waals surface area contributed by atoms with Crippen LogP contribution in [-0.4, -0.2) is 11.1 Å². The van der Waals surface area contributed by atoms with Gasteiger partial charge in [0, 0.05) is 0 Å². The molecule has 0 heterocycles. The topological polar surface area (TPSA) is 37.3 Å². The molecular weight excluding hydrogens is 176 g/mol. The van der Waals surface area contributed by atoms with Gasteiger partial charge >= 0.3 is 5.97 Å². The van der Waals surface area contributed by atoms with Crippen molar-refractivity contribution in [3.8, 4) is 0 Å². The Hall–Kier alpha value is -1.31. The molecule has 0 unspecified atom stereocenters. The van der Waals surface area contributed by atoms with Gasteiger partial charge in [-0.15, -0.1) is 0 Å². The van der Waals surface area contributed by atoms with E-state index in [4.69, 9.17) is 5.11 Å². The summed E-state index contributed by atoms with van der Waals surface area (Å²) in [4.78, 5) is 10.7. The first kappa shape index (κ1) is 9.25. The smallest absolute Gasteiger partial charge is 0.307 e. The number of aryl methyl sites for hydroxylation is 1. The molecule has 1 aromatic carbocycles. The summed E-state index contributed by atoms with van der Waals surface area (Å²) < 4.78 is 0. The minimum absolute atomic E-state index is 0.136. The third-order valence-electron chi connectivity index (χ3n) is 2.94. The zero-order valence-corrected chi connectivity index (χ0v) is 8.23. The van der Waals surface area contributed by atoms with E-state index in [0.717, 1.165) is 12.8 Å². The predicted molar refractivity (Wildman–Crippen MR) is 54.3 cm³/mol. The molecule has 0 spiro atoms. The number of hydrogen-bond donors (Lipinski definition) is 1. The fourth-order valence-electron chi connectivity index (χ4n) is 2.03. The maximum atomic E-state index is 10.7. The van der Waals surface area contributed by atoms with Crippen molar-refractivity contribution in [2.75, 3.05) is 0 Å². The zero-order valence-electron chi connectivity index (χ0n) is 8.23. The molecule has 2 atom stereocenters. The third-order valence-corrected chi connectivity index (χ3v) is 2.94. The van der Waals surface area contributed by atoms with Crippen LogP contribution < -0.4 is 0 Å². The van der Waals surface area contributed by atoms with Gasteiger partial charge in [-0.1, -0.05) is 31.2 Å². The summed E-state index contributed by atoms with van der Waals surface area (Å²) in [6.07, 6.45) is 1.80. The van der Waals surface area contributed by atoms with E-state index < -0.39 is 5.97 Å². The Balaban J connectivity index is 2.22. The van der Waals surface area contributed by atoms with E-state index in [9.17, 15) is 4.79 Å². The normalized spacial score (nSPS) is 24.6. The molecular formula is C12H14O2. The maximum absolute atomic E-state index is 10.7. The summed E-state index contributed by atoms with van der Waals surface area (Å²) in [5, 5.41) is 8.85. The second-order valence-corrected chi connectivity index (χ2v) is 3.84. The van der Waals surface area contributed by atoms with E-state index in [2.05, 4.69) is 19.1 Å². The Morgan fingerprint density at radius 3 is 2.79 bits per heavy atom. The second-order valence-electron chi connectivity index (χ2n) is 3.84. The highest BCUT2D eigenvalue weighted by atomic mass is 16.4. The molecule has 2 rings (SSSR count). The lowest BCUT2D eigenvalue weighted by Gasteiger charge is -2.05. The number of hydrogen-bond acceptors (Lipinski definition) is 1. The van der Waals surface area contributed by atoms with Gasteiger partial charge < -0.3 is 5.11 Å². The Morgan fingerprint density at radius 2 is 2.21 bits per heavy atom. The van der Waals surface area contributed by atoms with Crippen molar-refractivity contribution < 1.29 is 9.90 Å². The molecule has 1 aromatic rings. The van der Waals surface area contributed by atoms with Gasteiger partial charge in [-0.2, -0.15) is 0 Å². The van der Waals surface area contributed by atoms with Crippen molar-refractivity contribution in [2.45, 2.75) is 25.7 Å². The molecule has 74 valence electrons. The maximum Gasteiger partial charge on any atom is 0.307 e. The monoisotopic (exact) mass is 190 g/mol. The van der Waals surface area contributed by atoms with E-state index >= 15 is 0 Å². The van der Waals surface area contributed by atoms with Crippen molar-refractivity contribution in [3.05, 3.63) is 35.4 Å².